The van der Waals surface area contributed by atoms with Crippen molar-refractivity contribution in [2.45, 2.75) is 17.4 Å². The summed E-state index contributed by atoms with van der Waals surface area (Å²) < 4.78 is 33.0. The zero-order valence-electron chi connectivity index (χ0n) is 14.1. The van der Waals surface area contributed by atoms with Gasteiger partial charge in [-0.3, -0.25) is 9.69 Å². The fourth-order valence-corrected chi connectivity index (χ4v) is 4.46. The van der Waals surface area contributed by atoms with Crippen molar-refractivity contribution >= 4 is 27.3 Å². The number of primary amides is 1. The van der Waals surface area contributed by atoms with Crippen LogP contribution in [-0.4, -0.2) is 45.5 Å². The van der Waals surface area contributed by atoms with E-state index in [1.807, 2.05) is 11.4 Å². The minimum absolute atomic E-state index is 0.0444. The lowest BCUT2D eigenvalue weighted by Gasteiger charge is -2.38. The second kappa shape index (κ2) is 8.17. The predicted octanol–water partition coefficient (Wildman–Crippen LogP) is 1.34. The number of amides is 1. The summed E-state index contributed by atoms with van der Waals surface area (Å²) in [7, 11) is -3.63. The Balaban J connectivity index is 1.65. The van der Waals surface area contributed by atoms with E-state index in [0.29, 0.717) is 12.3 Å². The molecule has 0 aliphatic carbocycles. The molecule has 26 heavy (non-hydrogen) atoms. The predicted molar refractivity (Wildman–Crippen MR) is 99.6 cm³/mol. The average molecular weight is 396 g/mol. The number of carbonyl (C=O) groups is 1. The molecule has 1 aliphatic rings. The topological polar surface area (TPSA) is 102 Å². The van der Waals surface area contributed by atoms with Crippen molar-refractivity contribution in [1.29, 1.82) is 0 Å². The van der Waals surface area contributed by atoms with Crippen molar-refractivity contribution in [3.63, 3.8) is 0 Å². The van der Waals surface area contributed by atoms with Crippen LogP contribution in [0, 0.1) is 0 Å². The summed E-state index contributed by atoms with van der Waals surface area (Å²) in [4.78, 5) is 13.1. The first-order chi connectivity index (χ1) is 12.5. The van der Waals surface area contributed by atoms with E-state index in [1.54, 1.807) is 11.3 Å². The van der Waals surface area contributed by atoms with Crippen molar-refractivity contribution in [3.8, 4) is 5.75 Å². The van der Waals surface area contributed by atoms with Crippen LogP contribution in [0.15, 0.2) is 46.0 Å². The molecule has 9 heteroatoms. The summed E-state index contributed by atoms with van der Waals surface area (Å²) in [5, 5.41) is 4.06. The number of thiophene rings is 1. The van der Waals surface area contributed by atoms with Gasteiger partial charge in [0, 0.05) is 25.7 Å². The molecule has 0 unspecified atom stereocenters. The van der Waals surface area contributed by atoms with Crippen LogP contribution < -0.4 is 15.2 Å². The number of nitrogens with two attached hydrogens (primary N) is 1. The van der Waals surface area contributed by atoms with Crippen LogP contribution in [0.5, 0.6) is 5.75 Å². The molecular formula is C17H21N3O4S2. The van der Waals surface area contributed by atoms with Gasteiger partial charge in [-0.2, -0.15) is 11.3 Å². The number of hydrogen-bond donors (Lipinski definition) is 2. The Morgan fingerprint density at radius 1 is 1.27 bits per heavy atom. The number of likely N-dealkylation sites (tertiary alicyclic amines) is 1. The van der Waals surface area contributed by atoms with Crippen LogP contribution in [0.2, 0.25) is 0 Å². The van der Waals surface area contributed by atoms with E-state index in [1.165, 1.54) is 24.3 Å². The van der Waals surface area contributed by atoms with Gasteiger partial charge >= 0.3 is 0 Å². The number of benzene rings is 1. The molecule has 1 saturated heterocycles. The van der Waals surface area contributed by atoms with Crippen molar-refractivity contribution in [2.75, 3.05) is 26.2 Å². The SMILES string of the molecule is NC(=O)COc1ccc(S(=O)(=O)NC[C@@H](c2ccsc2)N2CCC2)cc1. The first-order valence-electron chi connectivity index (χ1n) is 8.23. The van der Waals surface area contributed by atoms with Gasteiger partial charge in [0.1, 0.15) is 5.75 Å². The summed E-state index contributed by atoms with van der Waals surface area (Å²) >= 11 is 1.61. The minimum atomic E-state index is -3.63. The van der Waals surface area contributed by atoms with E-state index in [-0.39, 0.29) is 17.5 Å². The molecule has 1 atom stereocenters. The number of rotatable bonds is 9. The van der Waals surface area contributed by atoms with Gasteiger partial charge in [0.2, 0.25) is 10.0 Å². The summed E-state index contributed by atoms with van der Waals surface area (Å²) in [6.45, 7) is 2.03. The number of sulfonamides is 1. The Morgan fingerprint density at radius 3 is 2.54 bits per heavy atom. The molecule has 2 heterocycles. The van der Waals surface area contributed by atoms with Crippen LogP contribution in [-0.2, 0) is 14.8 Å². The second-order valence-corrected chi connectivity index (χ2v) is 8.59. The first kappa shape index (κ1) is 18.8. The van der Waals surface area contributed by atoms with Gasteiger partial charge in [-0.25, -0.2) is 13.1 Å². The molecule has 0 spiro atoms. The number of carbonyl (C=O) groups excluding carboxylic acids is 1. The smallest absolute Gasteiger partial charge is 0.255 e. The van der Waals surface area contributed by atoms with E-state index < -0.39 is 15.9 Å². The van der Waals surface area contributed by atoms with Crippen molar-refractivity contribution in [2.24, 2.45) is 5.73 Å². The van der Waals surface area contributed by atoms with Crippen LogP contribution in [0.3, 0.4) is 0 Å². The molecule has 0 radical (unpaired) electrons. The van der Waals surface area contributed by atoms with Crippen molar-refractivity contribution < 1.29 is 17.9 Å². The molecule has 1 aliphatic heterocycles. The fourth-order valence-electron chi connectivity index (χ4n) is 2.72. The van der Waals surface area contributed by atoms with Crippen LogP contribution >= 0.6 is 11.3 Å². The second-order valence-electron chi connectivity index (χ2n) is 6.04. The molecule has 1 fully saturated rings. The molecule has 1 aromatic heterocycles. The molecule has 0 saturated carbocycles. The zero-order valence-corrected chi connectivity index (χ0v) is 15.8. The molecule has 1 amide bonds. The highest BCUT2D eigenvalue weighted by molar-refractivity contribution is 7.89. The highest BCUT2D eigenvalue weighted by Crippen LogP contribution is 2.27. The number of nitrogens with one attached hydrogen (secondary N) is 1. The molecule has 140 valence electrons. The highest BCUT2D eigenvalue weighted by atomic mass is 32.2. The molecular weight excluding hydrogens is 374 g/mol. The van der Waals surface area contributed by atoms with Crippen LogP contribution in [0.25, 0.3) is 0 Å². The van der Waals surface area contributed by atoms with E-state index in [9.17, 15) is 13.2 Å². The lowest BCUT2D eigenvalue weighted by molar-refractivity contribution is -0.119. The van der Waals surface area contributed by atoms with E-state index in [4.69, 9.17) is 10.5 Å². The van der Waals surface area contributed by atoms with Crippen LogP contribution in [0.1, 0.15) is 18.0 Å². The monoisotopic (exact) mass is 395 g/mol. The highest BCUT2D eigenvalue weighted by Gasteiger charge is 2.27. The average Bonchev–Trinajstić information content (AvgIpc) is 3.09. The standard InChI is InChI=1S/C17H21N3O4S2/c18-17(21)11-24-14-2-4-15(5-3-14)26(22,23)19-10-16(20-7-1-8-20)13-6-9-25-12-13/h2-6,9,12,16,19H,1,7-8,10-11H2,(H2,18,21)/t16-/m0/s1. The zero-order chi connectivity index (χ0) is 18.6. The molecule has 1 aromatic carbocycles. The first-order valence-corrected chi connectivity index (χ1v) is 10.7. The maximum Gasteiger partial charge on any atom is 0.255 e. The van der Waals surface area contributed by atoms with Gasteiger partial charge in [0.25, 0.3) is 5.91 Å². The molecule has 2 aromatic rings. The summed E-state index contributed by atoms with van der Waals surface area (Å²) in [5.74, 6) is -0.201. The van der Waals surface area contributed by atoms with Gasteiger partial charge in [0.05, 0.1) is 4.90 Å². The van der Waals surface area contributed by atoms with E-state index in [0.717, 1.165) is 25.1 Å². The van der Waals surface area contributed by atoms with Gasteiger partial charge in [0.15, 0.2) is 6.61 Å². The number of hydrogen-bond acceptors (Lipinski definition) is 6. The summed E-state index contributed by atoms with van der Waals surface area (Å²) in [6, 6.07) is 7.98. The Hall–Kier alpha value is -1.94. The fraction of sp³-hybridized carbons (Fsp3) is 0.353. The van der Waals surface area contributed by atoms with Gasteiger partial charge < -0.3 is 10.5 Å². The quantitative estimate of drug-likeness (QED) is 0.667. The third kappa shape index (κ3) is 4.61. The van der Waals surface area contributed by atoms with Gasteiger partial charge in [-0.1, -0.05) is 0 Å². The van der Waals surface area contributed by atoms with Crippen LogP contribution in [0.4, 0.5) is 0 Å². The maximum absolute atomic E-state index is 12.6. The Bertz CT molecular complexity index is 831. The lowest BCUT2D eigenvalue weighted by Crippen LogP contribution is -2.44. The minimum Gasteiger partial charge on any atom is -0.484 e. The van der Waals surface area contributed by atoms with Crippen molar-refractivity contribution in [1.82, 2.24) is 9.62 Å². The largest absolute Gasteiger partial charge is 0.484 e. The van der Waals surface area contributed by atoms with Gasteiger partial charge in [-0.05, 0) is 53.1 Å². The third-order valence-corrected chi connectivity index (χ3v) is 6.38. The summed E-state index contributed by atoms with van der Waals surface area (Å²) in [6.07, 6.45) is 1.14. The Labute approximate surface area is 156 Å². The lowest BCUT2D eigenvalue weighted by atomic mass is 10.1. The van der Waals surface area contributed by atoms with E-state index >= 15 is 0 Å². The Kier molecular flexibility index (Phi) is 5.92. The Morgan fingerprint density at radius 2 is 2.00 bits per heavy atom. The summed E-state index contributed by atoms with van der Waals surface area (Å²) in [5.41, 5.74) is 6.15. The van der Waals surface area contributed by atoms with Gasteiger partial charge in [-0.15, -0.1) is 0 Å². The molecule has 3 rings (SSSR count). The molecule has 3 N–H and O–H groups in total. The number of ether oxygens (including phenoxy) is 1. The normalized spacial score (nSPS) is 16.0. The molecule has 7 nitrogen and oxygen atoms in total. The molecule has 0 bridgehead atoms. The third-order valence-electron chi connectivity index (χ3n) is 4.24. The van der Waals surface area contributed by atoms with Crippen molar-refractivity contribution in [3.05, 3.63) is 46.7 Å². The maximum atomic E-state index is 12.6. The number of nitrogens with zero attached hydrogens (tertiary/aromatic N) is 1. The van der Waals surface area contributed by atoms with E-state index in [2.05, 4.69) is 15.0 Å².